The number of rotatable bonds is 2. The number of hydrogen-bond acceptors (Lipinski definition) is 4. The minimum Gasteiger partial charge on any atom is -0.345 e. The summed E-state index contributed by atoms with van der Waals surface area (Å²) in [7, 11) is 0. The van der Waals surface area contributed by atoms with Crippen LogP contribution in [0.1, 0.15) is 36.7 Å². The molecule has 2 aromatic carbocycles. The first-order chi connectivity index (χ1) is 13.3. The lowest BCUT2D eigenvalue weighted by molar-refractivity contribution is 0.0746. The topological polar surface area (TPSA) is 36.4 Å². The number of fused-ring (bicyclic) bond motifs is 1. The normalized spacial score (nSPS) is 15.3. The highest BCUT2D eigenvalue weighted by Gasteiger charge is 2.24. The molecule has 0 N–H and O–H groups in total. The second kappa shape index (κ2) is 7.37. The molecule has 0 unspecified atom stereocenters. The van der Waals surface area contributed by atoms with Crippen molar-refractivity contribution in [1.82, 2.24) is 9.88 Å². The van der Waals surface area contributed by atoms with Crippen LogP contribution in [0.2, 0.25) is 5.02 Å². The maximum atomic E-state index is 12.9. The van der Waals surface area contributed by atoms with Gasteiger partial charge >= 0.3 is 0 Å². The average molecular weight is 414 g/mol. The van der Waals surface area contributed by atoms with Gasteiger partial charge in [-0.3, -0.25) is 4.79 Å². The standard InChI is InChI=1S/C22H24ClN3OS/c1-22(2,3)16-6-4-15(5-7-16)20(27)25-10-12-26(13-11-25)21-24-18-9-8-17(23)14-19(18)28-21/h4-9,14H,10-13H2,1-3H3. The van der Waals surface area contributed by atoms with Crippen molar-refractivity contribution >= 4 is 44.2 Å². The molecule has 1 aromatic heterocycles. The van der Waals surface area contributed by atoms with Crippen LogP contribution in [0, 0.1) is 0 Å². The molecule has 4 nitrogen and oxygen atoms in total. The molecule has 0 radical (unpaired) electrons. The zero-order valence-electron chi connectivity index (χ0n) is 16.4. The SMILES string of the molecule is CC(C)(C)c1ccc(C(=O)N2CCN(c3nc4ccc(Cl)cc4s3)CC2)cc1. The van der Waals surface area contributed by atoms with Crippen LogP contribution in [0.4, 0.5) is 5.13 Å². The van der Waals surface area contributed by atoms with Gasteiger partial charge in [0.2, 0.25) is 0 Å². The second-order valence-electron chi connectivity index (χ2n) is 8.22. The van der Waals surface area contributed by atoms with Crippen molar-refractivity contribution in [2.45, 2.75) is 26.2 Å². The molecule has 0 bridgehead atoms. The van der Waals surface area contributed by atoms with E-state index < -0.39 is 0 Å². The van der Waals surface area contributed by atoms with Gasteiger partial charge in [0, 0.05) is 36.8 Å². The van der Waals surface area contributed by atoms with Crippen molar-refractivity contribution in [2.24, 2.45) is 0 Å². The third-order valence-electron chi connectivity index (χ3n) is 5.17. The molecular weight excluding hydrogens is 390 g/mol. The number of benzene rings is 2. The first-order valence-corrected chi connectivity index (χ1v) is 10.7. The monoisotopic (exact) mass is 413 g/mol. The van der Waals surface area contributed by atoms with E-state index in [2.05, 4.69) is 37.8 Å². The lowest BCUT2D eigenvalue weighted by Crippen LogP contribution is -2.48. The first-order valence-electron chi connectivity index (χ1n) is 9.52. The molecule has 0 spiro atoms. The fraction of sp³-hybridized carbons (Fsp3) is 0.364. The van der Waals surface area contributed by atoms with Crippen LogP contribution in [0.5, 0.6) is 0 Å². The van der Waals surface area contributed by atoms with Crippen molar-refractivity contribution in [3.05, 3.63) is 58.6 Å². The largest absolute Gasteiger partial charge is 0.345 e. The van der Waals surface area contributed by atoms with E-state index in [0.717, 1.165) is 39.0 Å². The molecule has 1 aliphatic rings. The zero-order valence-corrected chi connectivity index (χ0v) is 18.0. The number of thiazole rings is 1. The van der Waals surface area contributed by atoms with Crippen LogP contribution in [-0.2, 0) is 5.41 Å². The number of amides is 1. The average Bonchev–Trinajstić information content (AvgIpc) is 3.10. The smallest absolute Gasteiger partial charge is 0.253 e. The summed E-state index contributed by atoms with van der Waals surface area (Å²) in [4.78, 5) is 21.8. The van der Waals surface area contributed by atoms with Gasteiger partial charge in [-0.25, -0.2) is 4.98 Å². The zero-order chi connectivity index (χ0) is 19.9. The van der Waals surface area contributed by atoms with Gasteiger partial charge in [0.05, 0.1) is 10.2 Å². The minimum absolute atomic E-state index is 0.0919. The van der Waals surface area contributed by atoms with Gasteiger partial charge in [-0.2, -0.15) is 0 Å². The van der Waals surface area contributed by atoms with Crippen molar-refractivity contribution < 1.29 is 4.79 Å². The Hall–Kier alpha value is -2.11. The van der Waals surface area contributed by atoms with E-state index in [1.165, 1.54) is 5.56 Å². The summed E-state index contributed by atoms with van der Waals surface area (Å²) >= 11 is 7.74. The maximum Gasteiger partial charge on any atom is 0.253 e. The molecule has 3 aromatic rings. The van der Waals surface area contributed by atoms with E-state index in [9.17, 15) is 4.79 Å². The minimum atomic E-state index is 0.0919. The van der Waals surface area contributed by atoms with Crippen LogP contribution in [-0.4, -0.2) is 42.0 Å². The molecule has 1 fully saturated rings. The molecule has 4 rings (SSSR count). The van der Waals surface area contributed by atoms with Gasteiger partial charge in [0.1, 0.15) is 0 Å². The van der Waals surface area contributed by atoms with Gasteiger partial charge in [-0.15, -0.1) is 0 Å². The Morgan fingerprint density at radius 1 is 1.04 bits per heavy atom. The molecule has 1 amide bonds. The summed E-state index contributed by atoms with van der Waals surface area (Å²) in [5, 5.41) is 1.73. The van der Waals surface area contributed by atoms with Crippen molar-refractivity contribution in [3.63, 3.8) is 0 Å². The van der Waals surface area contributed by atoms with E-state index in [0.29, 0.717) is 13.1 Å². The summed E-state index contributed by atoms with van der Waals surface area (Å²) in [6.45, 7) is 9.53. The molecule has 146 valence electrons. The molecule has 2 heterocycles. The molecule has 0 atom stereocenters. The summed E-state index contributed by atoms with van der Waals surface area (Å²) in [6.07, 6.45) is 0. The van der Waals surface area contributed by atoms with E-state index in [-0.39, 0.29) is 11.3 Å². The van der Waals surface area contributed by atoms with Crippen molar-refractivity contribution in [2.75, 3.05) is 31.1 Å². The molecular formula is C22H24ClN3OS. The summed E-state index contributed by atoms with van der Waals surface area (Å²) in [6, 6.07) is 13.8. The highest BCUT2D eigenvalue weighted by atomic mass is 35.5. The van der Waals surface area contributed by atoms with Crippen molar-refractivity contribution in [3.8, 4) is 0 Å². The van der Waals surface area contributed by atoms with E-state index in [4.69, 9.17) is 16.6 Å². The highest BCUT2D eigenvalue weighted by Crippen LogP contribution is 2.31. The Kier molecular flexibility index (Phi) is 5.06. The van der Waals surface area contributed by atoms with Gasteiger partial charge in [-0.1, -0.05) is 55.8 Å². The summed E-state index contributed by atoms with van der Waals surface area (Å²) in [5.41, 5.74) is 3.07. The number of anilines is 1. The van der Waals surface area contributed by atoms with Gasteiger partial charge in [0.25, 0.3) is 5.91 Å². The Balaban J connectivity index is 1.42. The van der Waals surface area contributed by atoms with Gasteiger partial charge < -0.3 is 9.80 Å². The first kappa shape index (κ1) is 19.2. The fourth-order valence-electron chi connectivity index (χ4n) is 3.42. The number of hydrogen-bond donors (Lipinski definition) is 0. The lowest BCUT2D eigenvalue weighted by Gasteiger charge is -2.34. The Morgan fingerprint density at radius 3 is 2.36 bits per heavy atom. The maximum absolute atomic E-state index is 12.9. The number of carbonyl (C=O) groups is 1. The summed E-state index contributed by atoms with van der Waals surface area (Å²) in [5.74, 6) is 0.108. The number of carbonyl (C=O) groups excluding carboxylic acids is 1. The molecule has 1 saturated heterocycles. The van der Waals surface area contributed by atoms with E-state index in [1.807, 2.05) is 35.2 Å². The van der Waals surface area contributed by atoms with Gasteiger partial charge in [0.15, 0.2) is 5.13 Å². The predicted octanol–water partition coefficient (Wildman–Crippen LogP) is 5.21. The third kappa shape index (κ3) is 3.87. The number of aromatic nitrogens is 1. The molecule has 6 heteroatoms. The second-order valence-corrected chi connectivity index (χ2v) is 9.66. The lowest BCUT2D eigenvalue weighted by atomic mass is 9.86. The molecule has 1 aliphatic heterocycles. The Labute approximate surface area is 174 Å². The quantitative estimate of drug-likeness (QED) is 0.578. The molecule has 28 heavy (non-hydrogen) atoms. The predicted molar refractivity (Wildman–Crippen MR) is 118 cm³/mol. The highest BCUT2D eigenvalue weighted by molar-refractivity contribution is 7.22. The third-order valence-corrected chi connectivity index (χ3v) is 6.49. The van der Waals surface area contributed by atoms with Crippen LogP contribution in [0.15, 0.2) is 42.5 Å². The van der Waals surface area contributed by atoms with Crippen LogP contribution in [0.3, 0.4) is 0 Å². The number of nitrogens with zero attached hydrogens (tertiary/aromatic N) is 3. The summed E-state index contributed by atoms with van der Waals surface area (Å²) < 4.78 is 1.10. The van der Waals surface area contributed by atoms with Crippen LogP contribution >= 0.6 is 22.9 Å². The van der Waals surface area contributed by atoms with E-state index in [1.54, 1.807) is 11.3 Å². The van der Waals surface area contributed by atoms with E-state index >= 15 is 0 Å². The number of piperazine rings is 1. The van der Waals surface area contributed by atoms with Crippen LogP contribution in [0.25, 0.3) is 10.2 Å². The Bertz CT molecular complexity index is 999. The molecule has 0 aliphatic carbocycles. The fourth-order valence-corrected chi connectivity index (χ4v) is 4.71. The van der Waals surface area contributed by atoms with Crippen molar-refractivity contribution in [1.29, 1.82) is 0 Å². The number of halogens is 1. The van der Waals surface area contributed by atoms with Gasteiger partial charge in [-0.05, 0) is 41.3 Å². The van der Waals surface area contributed by atoms with Crippen LogP contribution < -0.4 is 4.90 Å². The Morgan fingerprint density at radius 2 is 1.71 bits per heavy atom. The molecule has 0 saturated carbocycles.